The number of carbonyl (C=O) groups is 1. The summed E-state index contributed by atoms with van der Waals surface area (Å²) in [5.74, 6) is -0.0509. The fourth-order valence-corrected chi connectivity index (χ4v) is 3.43. The number of aryl methyl sites for hydroxylation is 2. The van der Waals surface area contributed by atoms with Crippen molar-refractivity contribution in [1.82, 2.24) is 4.98 Å². The van der Waals surface area contributed by atoms with Gasteiger partial charge in [0.05, 0.1) is 25.9 Å². The fourth-order valence-electron chi connectivity index (χ4n) is 2.18. The molecule has 0 bridgehead atoms. The molecule has 22 heavy (non-hydrogen) atoms. The Balaban J connectivity index is 1.62. The van der Waals surface area contributed by atoms with Gasteiger partial charge in [-0.05, 0) is 36.8 Å². The maximum Gasteiger partial charge on any atom is 0.224 e. The van der Waals surface area contributed by atoms with Crippen molar-refractivity contribution in [2.24, 2.45) is 0 Å². The SMILES string of the molecule is Cc1ccc(NC(=O)CCc2nc3ccccc3s2)c(Cl)c1. The maximum atomic E-state index is 12.0. The third kappa shape index (κ3) is 3.46. The molecule has 0 aliphatic rings. The Hall–Kier alpha value is -1.91. The van der Waals surface area contributed by atoms with E-state index in [-0.39, 0.29) is 5.91 Å². The van der Waals surface area contributed by atoms with Crippen molar-refractivity contribution in [2.45, 2.75) is 19.8 Å². The first-order valence-corrected chi connectivity index (χ1v) is 8.22. The number of para-hydroxylation sites is 1. The number of anilines is 1. The molecule has 0 fully saturated rings. The van der Waals surface area contributed by atoms with Gasteiger partial charge >= 0.3 is 0 Å². The topological polar surface area (TPSA) is 42.0 Å². The number of aromatic nitrogens is 1. The second-order valence-electron chi connectivity index (χ2n) is 5.11. The standard InChI is InChI=1S/C17H15ClN2OS/c1-11-6-7-13(12(18)10-11)19-16(21)8-9-17-20-14-4-2-3-5-15(14)22-17/h2-7,10H,8-9H2,1H3,(H,19,21). The van der Waals surface area contributed by atoms with Gasteiger partial charge in [0.25, 0.3) is 0 Å². The average molecular weight is 331 g/mol. The van der Waals surface area contributed by atoms with Crippen LogP contribution in [0.3, 0.4) is 0 Å². The zero-order valence-corrected chi connectivity index (χ0v) is 13.7. The monoisotopic (exact) mass is 330 g/mol. The van der Waals surface area contributed by atoms with Gasteiger partial charge in [-0.3, -0.25) is 4.79 Å². The third-order valence-corrected chi connectivity index (χ3v) is 4.71. The first kappa shape index (κ1) is 15.0. The summed E-state index contributed by atoms with van der Waals surface area (Å²) in [6.07, 6.45) is 1.03. The molecular formula is C17H15ClN2OS. The van der Waals surface area contributed by atoms with Crippen molar-refractivity contribution < 1.29 is 4.79 Å². The molecular weight excluding hydrogens is 316 g/mol. The normalized spacial score (nSPS) is 10.8. The van der Waals surface area contributed by atoms with Gasteiger partial charge in [-0.2, -0.15) is 0 Å². The summed E-state index contributed by atoms with van der Waals surface area (Å²) >= 11 is 7.75. The number of halogens is 1. The van der Waals surface area contributed by atoms with E-state index in [4.69, 9.17) is 11.6 Å². The lowest BCUT2D eigenvalue weighted by molar-refractivity contribution is -0.116. The number of carbonyl (C=O) groups excluding carboxylic acids is 1. The Labute approximate surface area is 138 Å². The average Bonchev–Trinajstić information content (AvgIpc) is 2.91. The summed E-state index contributed by atoms with van der Waals surface area (Å²) in [5, 5.41) is 4.39. The Bertz CT molecular complexity index is 795. The van der Waals surface area contributed by atoms with Gasteiger partial charge in [-0.25, -0.2) is 4.98 Å². The van der Waals surface area contributed by atoms with E-state index in [9.17, 15) is 4.79 Å². The molecule has 0 saturated heterocycles. The molecule has 1 amide bonds. The summed E-state index contributed by atoms with van der Waals surface area (Å²) < 4.78 is 1.15. The zero-order chi connectivity index (χ0) is 15.5. The van der Waals surface area contributed by atoms with Crippen LogP contribution in [-0.2, 0) is 11.2 Å². The molecule has 3 nitrogen and oxygen atoms in total. The maximum absolute atomic E-state index is 12.0. The number of rotatable bonds is 4. The van der Waals surface area contributed by atoms with Crippen molar-refractivity contribution >= 4 is 44.7 Å². The molecule has 5 heteroatoms. The van der Waals surface area contributed by atoms with E-state index in [0.717, 1.165) is 20.8 Å². The molecule has 2 aromatic carbocycles. The predicted molar refractivity (Wildman–Crippen MR) is 92.8 cm³/mol. The molecule has 112 valence electrons. The number of nitrogens with one attached hydrogen (secondary N) is 1. The summed E-state index contributed by atoms with van der Waals surface area (Å²) in [7, 11) is 0. The van der Waals surface area contributed by atoms with Gasteiger partial charge < -0.3 is 5.32 Å². The molecule has 0 aliphatic heterocycles. The number of nitrogens with zero attached hydrogens (tertiary/aromatic N) is 1. The molecule has 0 atom stereocenters. The van der Waals surface area contributed by atoms with Crippen molar-refractivity contribution in [2.75, 3.05) is 5.32 Å². The van der Waals surface area contributed by atoms with E-state index in [2.05, 4.69) is 10.3 Å². The predicted octanol–water partition coefficient (Wildman–Crippen LogP) is 4.83. The molecule has 1 heterocycles. The van der Waals surface area contributed by atoms with Crippen LogP contribution in [0.15, 0.2) is 42.5 Å². The molecule has 3 rings (SSSR count). The minimum Gasteiger partial charge on any atom is -0.325 e. The van der Waals surface area contributed by atoms with Gasteiger partial charge in [0.15, 0.2) is 0 Å². The van der Waals surface area contributed by atoms with Crippen molar-refractivity contribution in [3.05, 3.63) is 58.1 Å². The lowest BCUT2D eigenvalue weighted by Crippen LogP contribution is -2.12. The zero-order valence-electron chi connectivity index (χ0n) is 12.1. The Morgan fingerprint density at radius 1 is 1.27 bits per heavy atom. The quantitative estimate of drug-likeness (QED) is 0.744. The number of hydrogen-bond acceptors (Lipinski definition) is 3. The highest BCUT2D eigenvalue weighted by molar-refractivity contribution is 7.18. The van der Waals surface area contributed by atoms with Crippen molar-refractivity contribution in [3.8, 4) is 0 Å². The van der Waals surface area contributed by atoms with Gasteiger partial charge in [0.1, 0.15) is 0 Å². The molecule has 0 radical (unpaired) electrons. The molecule has 0 saturated carbocycles. The van der Waals surface area contributed by atoms with Crippen LogP contribution in [0.25, 0.3) is 10.2 Å². The Morgan fingerprint density at radius 2 is 2.09 bits per heavy atom. The van der Waals surface area contributed by atoms with Crippen LogP contribution in [0.2, 0.25) is 5.02 Å². The van der Waals surface area contributed by atoms with Crippen molar-refractivity contribution in [1.29, 1.82) is 0 Å². The van der Waals surface area contributed by atoms with Crippen LogP contribution in [0.4, 0.5) is 5.69 Å². The smallest absolute Gasteiger partial charge is 0.224 e. The van der Waals surface area contributed by atoms with E-state index in [1.165, 1.54) is 0 Å². The van der Waals surface area contributed by atoms with Crippen LogP contribution < -0.4 is 5.32 Å². The van der Waals surface area contributed by atoms with Gasteiger partial charge in [0, 0.05) is 12.8 Å². The molecule has 1 aromatic heterocycles. The summed E-state index contributed by atoms with van der Waals surface area (Å²) in [6.45, 7) is 1.96. The van der Waals surface area contributed by atoms with Gasteiger partial charge in [-0.15, -0.1) is 11.3 Å². The van der Waals surface area contributed by atoms with E-state index in [1.807, 2.05) is 49.4 Å². The van der Waals surface area contributed by atoms with Crippen LogP contribution in [0, 0.1) is 6.92 Å². The van der Waals surface area contributed by atoms with Crippen LogP contribution in [-0.4, -0.2) is 10.9 Å². The molecule has 0 unspecified atom stereocenters. The largest absolute Gasteiger partial charge is 0.325 e. The summed E-state index contributed by atoms with van der Waals surface area (Å²) in [4.78, 5) is 16.6. The number of hydrogen-bond donors (Lipinski definition) is 1. The van der Waals surface area contributed by atoms with E-state index in [1.54, 1.807) is 11.3 Å². The Kier molecular flexibility index (Phi) is 4.41. The molecule has 3 aromatic rings. The lowest BCUT2D eigenvalue weighted by atomic mass is 10.2. The molecule has 0 spiro atoms. The highest BCUT2D eigenvalue weighted by Crippen LogP contribution is 2.24. The molecule has 1 N–H and O–H groups in total. The van der Waals surface area contributed by atoms with E-state index in [0.29, 0.717) is 23.6 Å². The van der Waals surface area contributed by atoms with Gasteiger partial charge in [-0.1, -0.05) is 29.8 Å². The molecule has 0 aliphatic carbocycles. The minimum atomic E-state index is -0.0509. The highest BCUT2D eigenvalue weighted by Gasteiger charge is 2.09. The van der Waals surface area contributed by atoms with E-state index >= 15 is 0 Å². The minimum absolute atomic E-state index is 0.0509. The van der Waals surface area contributed by atoms with Crippen LogP contribution in [0.5, 0.6) is 0 Å². The highest BCUT2D eigenvalue weighted by atomic mass is 35.5. The number of benzene rings is 2. The van der Waals surface area contributed by atoms with E-state index < -0.39 is 0 Å². The number of amides is 1. The number of thiazole rings is 1. The van der Waals surface area contributed by atoms with Crippen LogP contribution in [0.1, 0.15) is 17.0 Å². The summed E-state index contributed by atoms with van der Waals surface area (Å²) in [5.41, 5.74) is 2.71. The number of fused-ring (bicyclic) bond motifs is 1. The summed E-state index contributed by atoms with van der Waals surface area (Å²) in [6, 6.07) is 13.6. The first-order valence-electron chi connectivity index (χ1n) is 7.02. The van der Waals surface area contributed by atoms with Gasteiger partial charge in [0.2, 0.25) is 5.91 Å². The first-order chi connectivity index (χ1) is 10.6. The second-order valence-corrected chi connectivity index (χ2v) is 6.63. The third-order valence-electron chi connectivity index (χ3n) is 3.30. The fraction of sp³-hybridized carbons (Fsp3) is 0.176. The van der Waals surface area contributed by atoms with Crippen molar-refractivity contribution in [3.63, 3.8) is 0 Å². The Morgan fingerprint density at radius 3 is 2.86 bits per heavy atom. The second kappa shape index (κ2) is 6.46. The van der Waals surface area contributed by atoms with Crippen LogP contribution >= 0.6 is 22.9 Å². The lowest BCUT2D eigenvalue weighted by Gasteiger charge is -2.07.